The maximum absolute atomic E-state index is 5.87. The van der Waals surface area contributed by atoms with Crippen LogP contribution < -0.4 is 5.73 Å². The van der Waals surface area contributed by atoms with Crippen molar-refractivity contribution in [2.75, 3.05) is 6.54 Å². The molecule has 1 aromatic heterocycles. The van der Waals surface area contributed by atoms with Crippen LogP contribution in [-0.2, 0) is 6.42 Å². The Labute approximate surface area is 114 Å². The van der Waals surface area contributed by atoms with Crippen LogP contribution >= 0.6 is 27.5 Å². The minimum atomic E-state index is 0.617. The fourth-order valence-electron chi connectivity index (χ4n) is 1.71. The number of rotatable bonds is 3. The normalized spacial score (nSPS) is 10.8. The monoisotopic (exact) mass is 313 g/mol. The summed E-state index contributed by atoms with van der Waals surface area (Å²) in [4.78, 5) is 0. The van der Waals surface area contributed by atoms with E-state index in [0.717, 1.165) is 33.0 Å². The van der Waals surface area contributed by atoms with E-state index in [9.17, 15) is 0 Å². The lowest BCUT2D eigenvalue weighted by Gasteiger charge is -2.03. The second-order valence-electron chi connectivity index (χ2n) is 3.78. The van der Waals surface area contributed by atoms with Crippen molar-refractivity contribution in [2.45, 2.75) is 13.3 Å². The topological polar surface area (TPSA) is 43.8 Å². The second-order valence-corrected chi connectivity index (χ2v) is 4.97. The molecule has 1 heterocycles. The highest BCUT2D eigenvalue weighted by Crippen LogP contribution is 2.24. The summed E-state index contributed by atoms with van der Waals surface area (Å²) < 4.78 is 2.82. The van der Waals surface area contributed by atoms with E-state index in [1.54, 1.807) is 0 Å². The van der Waals surface area contributed by atoms with Crippen LogP contribution in [0.2, 0.25) is 5.02 Å². The molecule has 0 bridgehead atoms. The number of hydrogen-bond acceptors (Lipinski definition) is 2. The smallest absolute Gasteiger partial charge is 0.113 e. The third-order valence-corrected chi connectivity index (χ3v) is 3.65. The van der Waals surface area contributed by atoms with E-state index in [1.165, 1.54) is 0 Å². The summed E-state index contributed by atoms with van der Waals surface area (Å²) in [5.41, 5.74) is 8.72. The highest BCUT2D eigenvalue weighted by atomic mass is 79.9. The summed E-state index contributed by atoms with van der Waals surface area (Å²) in [6.45, 7) is 2.61. The Kier molecular flexibility index (Phi) is 3.86. The zero-order valence-corrected chi connectivity index (χ0v) is 11.8. The molecule has 0 aliphatic rings. The molecule has 0 aliphatic carbocycles. The van der Waals surface area contributed by atoms with Gasteiger partial charge in [-0.25, -0.2) is 4.68 Å². The predicted octanol–water partition coefficient (Wildman–Crippen LogP) is 3.10. The van der Waals surface area contributed by atoms with Crippen molar-refractivity contribution in [3.05, 3.63) is 45.1 Å². The molecule has 0 amide bonds. The lowest BCUT2D eigenvalue weighted by molar-refractivity contribution is 0.845. The van der Waals surface area contributed by atoms with Crippen molar-refractivity contribution in [3.8, 4) is 5.69 Å². The van der Waals surface area contributed by atoms with Crippen LogP contribution in [0.25, 0.3) is 5.69 Å². The van der Waals surface area contributed by atoms with E-state index in [2.05, 4.69) is 21.0 Å². The molecule has 2 rings (SSSR count). The standard InChI is InChI=1S/C12H13BrClN3/c1-8-11(6-7-15)12(13)17(16-8)10-4-2-9(14)3-5-10/h2-5H,6-7,15H2,1H3. The molecule has 2 aromatic rings. The van der Waals surface area contributed by atoms with Crippen LogP contribution in [0.3, 0.4) is 0 Å². The first-order valence-corrected chi connectivity index (χ1v) is 6.50. The van der Waals surface area contributed by atoms with E-state index in [4.69, 9.17) is 17.3 Å². The number of halogens is 2. The molecular formula is C12H13BrClN3. The zero-order valence-electron chi connectivity index (χ0n) is 9.45. The number of nitrogens with two attached hydrogens (primary N) is 1. The summed E-state index contributed by atoms with van der Waals surface area (Å²) in [5.74, 6) is 0. The van der Waals surface area contributed by atoms with Gasteiger partial charge in [0.05, 0.1) is 11.4 Å². The number of benzene rings is 1. The van der Waals surface area contributed by atoms with Gasteiger partial charge in [-0.15, -0.1) is 0 Å². The average molecular weight is 315 g/mol. The van der Waals surface area contributed by atoms with Crippen molar-refractivity contribution in [2.24, 2.45) is 5.73 Å². The van der Waals surface area contributed by atoms with Gasteiger partial charge in [-0.1, -0.05) is 11.6 Å². The van der Waals surface area contributed by atoms with Gasteiger partial charge < -0.3 is 5.73 Å². The van der Waals surface area contributed by atoms with Gasteiger partial charge in [-0.2, -0.15) is 5.10 Å². The summed E-state index contributed by atoms with van der Waals surface area (Å²) in [6, 6.07) is 7.57. The molecule has 0 spiro atoms. The Morgan fingerprint density at radius 3 is 2.59 bits per heavy atom. The van der Waals surface area contributed by atoms with Gasteiger partial charge in [0.1, 0.15) is 4.60 Å². The molecule has 0 unspecified atom stereocenters. The molecule has 2 N–H and O–H groups in total. The fourth-order valence-corrected chi connectivity index (χ4v) is 2.61. The third kappa shape index (κ3) is 2.54. The quantitative estimate of drug-likeness (QED) is 0.946. The first kappa shape index (κ1) is 12.6. The number of aryl methyl sites for hydroxylation is 1. The van der Waals surface area contributed by atoms with Crippen molar-refractivity contribution < 1.29 is 0 Å². The summed E-state index contributed by atoms with van der Waals surface area (Å²) in [7, 11) is 0. The Morgan fingerprint density at radius 2 is 2.00 bits per heavy atom. The minimum Gasteiger partial charge on any atom is -0.330 e. The molecule has 0 saturated heterocycles. The molecule has 0 radical (unpaired) electrons. The first-order chi connectivity index (χ1) is 8.13. The van der Waals surface area contributed by atoms with E-state index in [0.29, 0.717) is 6.54 Å². The van der Waals surface area contributed by atoms with Crippen LogP contribution in [-0.4, -0.2) is 16.3 Å². The highest BCUT2D eigenvalue weighted by molar-refractivity contribution is 9.10. The van der Waals surface area contributed by atoms with Gasteiger partial charge in [0.25, 0.3) is 0 Å². The van der Waals surface area contributed by atoms with Crippen molar-refractivity contribution >= 4 is 27.5 Å². The molecule has 0 saturated carbocycles. The van der Waals surface area contributed by atoms with Gasteiger partial charge in [0.15, 0.2) is 0 Å². The van der Waals surface area contributed by atoms with Crippen LogP contribution in [0, 0.1) is 6.92 Å². The summed E-state index contributed by atoms with van der Waals surface area (Å²) in [5, 5.41) is 5.22. The first-order valence-electron chi connectivity index (χ1n) is 5.33. The Bertz CT molecular complexity index is 519. The van der Waals surface area contributed by atoms with Crippen LogP contribution in [0.4, 0.5) is 0 Å². The Morgan fingerprint density at radius 1 is 1.35 bits per heavy atom. The largest absolute Gasteiger partial charge is 0.330 e. The maximum Gasteiger partial charge on any atom is 0.113 e. The van der Waals surface area contributed by atoms with Gasteiger partial charge in [-0.3, -0.25) is 0 Å². The third-order valence-electron chi connectivity index (χ3n) is 2.59. The van der Waals surface area contributed by atoms with Crippen molar-refractivity contribution in [1.29, 1.82) is 0 Å². The van der Waals surface area contributed by atoms with Gasteiger partial charge in [0, 0.05) is 10.6 Å². The molecule has 1 aromatic carbocycles. The SMILES string of the molecule is Cc1nn(-c2ccc(Cl)cc2)c(Br)c1CCN. The van der Waals surface area contributed by atoms with Crippen molar-refractivity contribution in [1.82, 2.24) is 9.78 Å². The molecule has 0 aliphatic heterocycles. The fraction of sp³-hybridized carbons (Fsp3) is 0.250. The molecule has 3 nitrogen and oxygen atoms in total. The Balaban J connectivity index is 2.46. The van der Waals surface area contributed by atoms with E-state index in [-0.39, 0.29) is 0 Å². The second kappa shape index (κ2) is 5.21. The van der Waals surface area contributed by atoms with Crippen LogP contribution in [0.15, 0.2) is 28.9 Å². The molecular weight excluding hydrogens is 302 g/mol. The number of nitrogens with zero attached hydrogens (tertiary/aromatic N) is 2. The van der Waals surface area contributed by atoms with Crippen LogP contribution in [0.1, 0.15) is 11.3 Å². The molecule has 0 atom stereocenters. The molecule has 17 heavy (non-hydrogen) atoms. The zero-order chi connectivity index (χ0) is 12.4. The predicted molar refractivity (Wildman–Crippen MR) is 73.8 cm³/mol. The number of aromatic nitrogens is 2. The molecule has 5 heteroatoms. The van der Waals surface area contributed by atoms with E-state index < -0.39 is 0 Å². The Hall–Kier alpha value is -0.840. The van der Waals surface area contributed by atoms with Gasteiger partial charge in [0.2, 0.25) is 0 Å². The van der Waals surface area contributed by atoms with Crippen molar-refractivity contribution in [3.63, 3.8) is 0 Å². The number of hydrogen-bond donors (Lipinski definition) is 1. The van der Waals surface area contributed by atoms with Crippen LogP contribution in [0.5, 0.6) is 0 Å². The minimum absolute atomic E-state index is 0.617. The maximum atomic E-state index is 5.87. The van der Waals surface area contributed by atoms with Gasteiger partial charge in [-0.05, 0) is 60.1 Å². The van der Waals surface area contributed by atoms with E-state index in [1.807, 2.05) is 35.9 Å². The molecule has 90 valence electrons. The summed E-state index contributed by atoms with van der Waals surface area (Å²) in [6.07, 6.45) is 0.819. The highest BCUT2D eigenvalue weighted by Gasteiger charge is 2.13. The lowest BCUT2D eigenvalue weighted by atomic mass is 10.2. The lowest BCUT2D eigenvalue weighted by Crippen LogP contribution is -2.03. The van der Waals surface area contributed by atoms with E-state index >= 15 is 0 Å². The summed E-state index contributed by atoms with van der Waals surface area (Å²) >= 11 is 9.44. The van der Waals surface area contributed by atoms with Gasteiger partial charge >= 0.3 is 0 Å². The average Bonchev–Trinajstić information content (AvgIpc) is 2.59. The molecule has 0 fully saturated rings.